The molecule has 6 nitrogen and oxygen atoms in total. The predicted molar refractivity (Wildman–Crippen MR) is 98.6 cm³/mol. The van der Waals surface area contributed by atoms with Crippen LogP contribution in [0.1, 0.15) is 74.0 Å². The number of amides is 2. The van der Waals surface area contributed by atoms with E-state index in [1.165, 1.54) is 32.1 Å². The standard InChI is InChI=1S/C20H30N4O2/c25-19(9-8-16-6-2-1-3-7-16)23-12-13-24-17(15-23)14-18(21-24)20(26)22-10-4-5-11-22/h14,16H,1-13,15H2. The van der Waals surface area contributed by atoms with Gasteiger partial charge in [0.2, 0.25) is 5.91 Å². The summed E-state index contributed by atoms with van der Waals surface area (Å²) in [6, 6.07) is 1.89. The van der Waals surface area contributed by atoms with Gasteiger partial charge in [-0.25, -0.2) is 0 Å². The third-order valence-corrected chi connectivity index (χ3v) is 6.25. The van der Waals surface area contributed by atoms with Crippen molar-refractivity contribution in [2.24, 2.45) is 5.92 Å². The van der Waals surface area contributed by atoms with Gasteiger partial charge in [-0.1, -0.05) is 32.1 Å². The van der Waals surface area contributed by atoms with Gasteiger partial charge in [-0.05, 0) is 31.2 Å². The van der Waals surface area contributed by atoms with Gasteiger partial charge in [-0.2, -0.15) is 5.10 Å². The second kappa shape index (κ2) is 7.80. The minimum atomic E-state index is 0.0413. The fourth-order valence-electron chi connectivity index (χ4n) is 4.63. The van der Waals surface area contributed by atoms with Gasteiger partial charge in [0.05, 0.1) is 18.8 Å². The molecule has 1 aromatic heterocycles. The first-order valence-corrected chi connectivity index (χ1v) is 10.3. The van der Waals surface area contributed by atoms with E-state index in [1.807, 2.05) is 20.5 Å². The smallest absolute Gasteiger partial charge is 0.274 e. The molecule has 0 bridgehead atoms. The highest BCUT2D eigenvalue weighted by atomic mass is 16.2. The minimum Gasteiger partial charge on any atom is -0.337 e. The second-order valence-corrected chi connectivity index (χ2v) is 8.10. The lowest BCUT2D eigenvalue weighted by Gasteiger charge is -2.29. The molecule has 6 heteroatoms. The van der Waals surface area contributed by atoms with E-state index in [2.05, 4.69) is 5.10 Å². The van der Waals surface area contributed by atoms with Crippen LogP contribution < -0.4 is 0 Å². The maximum Gasteiger partial charge on any atom is 0.274 e. The lowest BCUT2D eigenvalue weighted by atomic mass is 9.86. The number of fused-ring (bicyclic) bond motifs is 1. The minimum absolute atomic E-state index is 0.0413. The summed E-state index contributed by atoms with van der Waals surface area (Å²) in [5, 5.41) is 4.50. The maximum absolute atomic E-state index is 12.6. The Morgan fingerprint density at radius 1 is 0.962 bits per heavy atom. The molecule has 26 heavy (non-hydrogen) atoms. The summed E-state index contributed by atoms with van der Waals surface area (Å²) in [5.41, 5.74) is 1.53. The molecule has 2 fully saturated rings. The largest absolute Gasteiger partial charge is 0.337 e. The molecule has 2 aliphatic heterocycles. The molecule has 1 aliphatic carbocycles. The summed E-state index contributed by atoms with van der Waals surface area (Å²) in [5.74, 6) is 1.04. The van der Waals surface area contributed by atoms with Crippen molar-refractivity contribution in [1.82, 2.24) is 19.6 Å². The van der Waals surface area contributed by atoms with Crippen molar-refractivity contribution in [3.05, 3.63) is 17.5 Å². The number of hydrogen-bond acceptors (Lipinski definition) is 3. The molecule has 3 heterocycles. The van der Waals surface area contributed by atoms with Gasteiger partial charge in [0, 0.05) is 26.1 Å². The van der Waals surface area contributed by atoms with Crippen LogP contribution in [0.5, 0.6) is 0 Å². The van der Waals surface area contributed by atoms with Crippen molar-refractivity contribution in [2.75, 3.05) is 19.6 Å². The molecule has 3 aliphatic rings. The molecule has 2 amide bonds. The first kappa shape index (κ1) is 17.6. The van der Waals surface area contributed by atoms with Gasteiger partial charge in [-0.3, -0.25) is 14.3 Å². The monoisotopic (exact) mass is 358 g/mol. The quantitative estimate of drug-likeness (QED) is 0.832. The molecule has 142 valence electrons. The Hall–Kier alpha value is -1.85. The number of hydrogen-bond donors (Lipinski definition) is 0. The van der Waals surface area contributed by atoms with E-state index in [9.17, 15) is 9.59 Å². The first-order valence-electron chi connectivity index (χ1n) is 10.3. The number of carbonyl (C=O) groups is 2. The summed E-state index contributed by atoms with van der Waals surface area (Å²) in [6.45, 7) is 3.66. The van der Waals surface area contributed by atoms with Crippen LogP contribution in [-0.2, 0) is 17.9 Å². The first-order chi connectivity index (χ1) is 12.7. The van der Waals surface area contributed by atoms with Crippen LogP contribution in [0, 0.1) is 5.92 Å². The van der Waals surface area contributed by atoms with Crippen molar-refractivity contribution in [3.8, 4) is 0 Å². The lowest BCUT2D eigenvalue weighted by molar-refractivity contribution is -0.133. The summed E-state index contributed by atoms with van der Waals surface area (Å²) >= 11 is 0. The van der Waals surface area contributed by atoms with Crippen LogP contribution in [0.25, 0.3) is 0 Å². The summed E-state index contributed by atoms with van der Waals surface area (Å²) in [7, 11) is 0. The molecular weight excluding hydrogens is 328 g/mol. The molecule has 4 rings (SSSR count). The number of aromatic nitrogens is 2. The normalized spacial score (nSPS) is 21.1. The Balaban J connectivity index is 1.33. The molecule has 1 aromatic rings. The van der Waals surface area contributed by atoms with E-state index in [0.29, 0.717) is 31.7 Å². The Bertz CT molecular complexity index is 657. The van der Waals surface area contributed by atoms with Crippen molar-refractivity contribution >= 4 is 11.8 Å². The van der Waals surface area contributed by atoms with Crippen LogP contribution in [0.15, 0.2) is 6.07 Å². The summed E-state index contributed by atoms with van der Waals surface area (Å²) in [4.78, 5) is 29.0. The molecule has 0 spiro atoms. The zero-order valence-electron chi connectivity index (χ0n) is 15.7. The third kappa shape index (κ3) is 3.79. The van der Waals surface area contributed by atoms with Gasteiger partial charge in [0.15, 0.2) is 5.69 Å². The van der Waals surface area contributed by atoms with Crippen LogP contribution in [0.3, 0.4) is 0 Å². The molecule has 1 saturated heterocycles. The molecular formula is C20H30N4O2. The summed E-state index contributed by atoms with van der Waals surface area (Å²) in [6.07, 6.45) is 10.5. The van der Waals surface area contributed by atoms with Crippen LogP contribution in [-0.4, -0.2) is 51.0 Å². The van der Waals surface area contributed by atoms with Gasteiger partial charge in [0.1, 0.15) is 0 Å². The average molecular weight is 358 g/mol. The van der Waals surface area contributed by atoms with Crippen LogP contribution in [0.2, 0.25) is 0 Å². The van der Waals surface area contributed by atoms with Crippen molar-refractivity contribution in [2.45, 2.75) is 70.9 Å². The zero-order chi connectivity index (χ0) is 17.9. The van der Waals surface area contributed by atoms with Crippen molar-refractivity contribution < 1.29 is 9.59 Å². The molecule has 0 radical (unpaired) electrons. The predicted octanol–water partition coefficient (Wildman–Crippen LogP) is 2.82. The topological polar surface area (TPSA) is 58.4 Å². The highest BCUT2D eigenvalue weighted by Gasteiger charge is 2.27. The molecule has 0 atom stereocenters. The molecule has 0 N–H and O–H groups in total. The van der Waals surface area contributed by atoms with Gasteiger partial charge in [-0.15, -0.1) is 0 Å². The SMILES string of the molecule is O=C(CCC1CCCCC1)N1CCn2nc(C(=O)N3CCCC3)cc2C1. The number of carbonyl (C=O) groups excluding carboxylic acids is 2. The Morgan fingerprint density at radius 3 is 2.50 bits per heavy atom. The van der Waals surface area contributed by atoms with E-state index < -0.39 is 0 Å². The van der Waals surface area contributed by atoms with E-state index in [0.717, 1.165) is 44.0 Å². The molecule has 0 aromatic carbocycles. The fraction of sp³-hybridized carbons (Fsp3) is 0.750. The average Bonchev–Trinajstić information content (AvgIpc) is 3.35. The Morgan fingerprint density at radius 2 is 1.73 bits per heavy atom. The lowest BCUT2D eigenvalue weighted by Crippen LogP contribution is -2.38. The van der Waals surface area contributed by atoms with Gasteiger partial charge in [0.25, 0.3) is 5.91 Å². The highest BCUT2D eigenvalue weighted by molar-refractivity contribution is 5.92. The Labute approximate surface area is 155 Å². The number of rotatable bonds is 4. The van der Waals surface area contributed by atoms with Gasteiger partial charge >= 0.3 is 0 Å². The highest BCUT2D eigenvalue weighted by Crippen LogP contribution is 2.28. The maximum atomic E-state index is 12.6. The number of nitrogens with zero attached hydrogens (tertiary/aromatic N) is 4. The van der Waals surface area contributed by atoms with Crippen molar-refractivity contribution in [3.63, 3.8) is 0 Å². The Kier molecular flexibility index (Phi) is 5.27. The van der Waals surface area contributed by atoms with Crippen molar-refractivity contribution in [1.29, 1.82) is 0 Å². The second-order valence-electron chi connectivity index (χ2n) is 8.10. The molecule has 1 saturated carbocycles. The van der Waals surface area contributed by atoms with E-state index >= 15 is 0 Å². The van der Waals surface area contributed by atoms with Gasteiger partial charge < -0.3 is 9.80 Å². The van der Waals surface area contributed by atoms with E-state index in [-0.39, 0.29) is 11.8 Å². The summed E-state index contributed by atoms with van der Waals surface area (Å²) < 4.78 is 1.91. The van der Waals surface area contributed by atoms with Crippen LogP contribution >= 0.6 is 0 Å². The third-order valence-electron chi connectivity index (χ3n) is 6.25. The molecule has 0 unspecified atom stereocenters. The number of likely N-dealkylation sites (tertiary alicyclic amines) is 1. The van der Waals surface area contributed by atoms with E-state index in [1.54, 1.807) is 0 Å². The van der Waals surface area contributed by atoms with E-state index in [4.69, 9.17) is 0 Å². The zero-order valence-corrected chi connectivity index (χ0v) is 15.7. The fourth-order valence-corrected chi connectivity index (χ4v) is 4.63. The van der Waals surface area contributed by atoms with Crippen LogP contribution in [0.4, 0.5) is 0 Å².